The first kappa shape index (κ1) is 40.1. The Morgan fingerprint density at radius 3 is 2.67 bits per heavy atom. The first-order chi connectivity index (χ1) is 25.6. The number of benzene rings is 2. The van der Waals surface area contributed by atoms with Gasteiger partial charge in [-0.1, -0.05) is 36.7 Å². The first-order valence-electron chi connectivity index (χ1n) is 18.9. The number of nitrogens with one attached hydrogen (secondary N) is 2. The number of rotatable bonds is 6. The Morgan fingerprint density at radius 1 is 1.20 bits per heavy atom. The Labute approximate surface area is 324 Å². The summed E-state index contributed by atoms with van der Waals surface area (Å²) in [5.74, 6) is 2.81. The van der Waals surface area contributed by atoms with E-state index in [1.54, 1.807) is 13.2 Å². The number of methoxy groups -OCH3 is 2. The number of aliphatic hydroxyl groups excluding tert-OH is 1. The minimum Gasteiger partial charge on any atom is -0.490 e. The third kappa shape index (κ3) is 7.90. The van der Waals surface area contributed by atoms with Crippen molar-refractivity contribution in [2.24, 2.45) is 17.8 Å². The van der Waals surface area contributed by atoms with Crippen molar-refractivity contribution in [3.63, 3.8) is 0 Å². The number of carbonyl (C=O) groups excluding carboxylic acids is 3. The number of allylic oxidation sites excluding steroid dienone is 1. The summed E-state index contributed by atoms with van der Waals surface area (Å²) in [5.41, 5.74) is 2.14. The van der Waals surface area contributed by atoms with E-state index in [4.69, 9.17) is 25.8 Å². The van der Waals surface area contributed by atoms with E-state index in [1.165, 1.54) is 25.2 Å². The third-order valence-corrected chi connectivity index (χ3v) is 14.9. The fourth-order valence-electron chi connectivity index (χ4n) is 8.91. The minimum absolute atomic E-state index is 0.0761. The van der Waals surface area contributed by atoms with E-state index in [2.05, 4.69) is 32.9 Å². The van der Waals surface area contributed by atoms with Crippen molar-refractivity contribution >= 4 is 50.7 Å². The number of hydrogen-bond acceptors (Lipinski definition) is 9. The number of halogens is 1. The van der Waals surface area contributed by atoms with Gasteiger partial charge in [-0.25, -0.2) is 9.00 Å². The molecule has 54 heavy (non-hydrogen) atoms. The number of esters is 1. The monoisotopic (exact) mass is 783 g/mol. The van der Waals surface area contributed by atoms with Crippen molar-refractivity contribution < 1.29 is 37.9 Å². The van der Waals surface area contributed by atoms with Crippen LogP contribution in [0.15, 0.2) is 48.6 Å². The van der Waals surface area contributed by atoms with Crippen LogP contribution in [0.1, 0.15) is 80.8 Å². The van der Waals surface area contributed by atoms with Crippen molar-refractivity contribution in [3.8, 4) is 5.75 Å². The fourth-order valence-corrected chi connectivity index (χ4v) is 10.6. The van der Waals surface area contributed by atoms with Crippen LogP contribution in [-0.4, -0.2) is 89.9 Å². The van der Waals surface area contributed by atoms with E-state index < -0.39 is 50.5 Å². The number of hydrogen-bond donors (Lipinski definition) is 3. The number of anilines is 1. The molecule has 0 radical (unpaired) electrons. The summed E-state index contributed by atoms with van der Waals surface area (Å²) in [6, 6.07) is 10.2. The van der Waals surface area contributed by atoms with Crippen LogP contribution in [-0.2, 0) is 40.6 Å². The molecular weight excluding hydrogens is 730 g/mol. The van der Waals surface area contributed by atoms with Gasteiger partial charge in [0.25, 0.3) is 5.91 Å². The molecule has 1 saturated carbocycles. The van der Waals surface area contributed by atoms with Gasteiger partial charge in [-0.3, -0.25) is 14.3 Å². The molecule has 2 aliphatic heterocycles. The predicted octanol–water partition coefficient (Wildman–Crippen LogP) is 5.00. The Kier molecular flexibility index (Phi) is 11.8. The van der Waals surface area contributed by atoms with Gasteiger partial charge < -0.3 is 29.5 Å². The Morgan fingerprint density at radius 2 is 1.98 bits per heavy atom. The van der Waals surface area contributed by atoms with Crippen molar-refractivity contribution in [2.75, 3.05) is 38.8 Å². The number of aryl methyl sites for hydroxylation is 1. The van der Waals surface area contributed by atoms with Gasteiger partial charge in [0.1, 0.15) is 5.75 Å². The quantitative estimate of drug-likeness (QED) is 0.210. The number of fused-ring (bicyclic) bond motifs is 4. The summed E-state index contributed by atoms with van der Waals surface area (Å²) in [7, 11) is -0.273. The number of amides is 2. The normalized spacial score (nSPS) is 32.6. The average molecular weight is 784 g/mol. The zero-order chi connectivity index (χ0) is 39.0. The molecule has 2 heterocycles. The second-order valence-corrected chi connectivity index (χ2v) is 18.7. The van der Waals surface area contributed by atoms with Crippen LogP contribution in [0.4, 0.5) is 5.69 Å². The maximum Gasteiger partial charge on any atom is 0.331 e. The second kappa shape index (κ2) is 15.9. The smallest absolute Gasteiger partial charge is 0.331 e. The largest absolute Gasteiger partial charge is 0.490 e. The van der Waals surface area contributed by atoms with E-state index in [0.717, 1.165) is 37.8 Å². The fraction of sp³-hybridized carbons (Fsp3) is 0.561. The molecule has 9 atom stereocenters. The van der Waals surface area contributed by atoms with E-state index in [1.807, 2.05) is 44.2 Å². The van der Waals surface area contributed by atoms with Gasteiger partial charge in [-0.05, 0) is 117 Å². The van der Waals surface area contributed by atoms with Crippen molar-refractivity contribution in [1.82, 2.24) is 10.0 Å². The van der Waals surface area contributed by atoms with Crippen molar-refractivity contribution in [2.45, 2.75) is 94.1 Å². The van der Waals surface area contributed by atoms with E-state index in [9.17, 15) is 23.7 Å². The van der Waals surface area contributed by atoms with Gasteiger partial charge in [0.2, 0.25) is 5.91 Å². The van der Waals surface area contributed by atoms with Crippen LogP contribution in [0.3, 0.4) is 0 Å². The molecular formula is C41H54ClN3O8S. The Hall–Kier alpha value is -3.58. The summed E-state index contributed by atoms with van der Waals surface area (Å²) in [6.45, 7) is 6.86. The molecule has 1 unspecified atom stereocenters. The highest BCUT2D eigenvalue weighted by molar-refractivity contribution is 7.99. The van der Waals surface area contributed by atoms with Gasteiger partial charge in [0.15, 0.2) is 6.04 Å². The average Bonchev–Trinajstić information content (AvgIpc) is 3.27. The number of ether oxygens (including phenoxy) is 3. The van der Waals surface area contributed by atoms with Crippen molar-refractivity contribution in [3.05, 3.63) is 70.3 Å². The summed E-state index contributed by atoms with van der Waals surface area (Å²) in [5, 5.41) is 13.2. The van der Waals surface area contributed by atoms with Crippen LogP contribution in [0.25, 0.3) is 0 Å². The zero-order valence-electron chi connectivity index (χ0n) is 31.9. The highest BCUT2D eigenvalue weighted by atomic mass is 35.5. The minimum atomic E-state index is -3.08. The lowest BCUT2D eigenvalue weighted by atomic mass is 9.62. The standard InChI is InChI=1S/C41H54ClN3O8S/c1-25-9-7-18-41(52-5,21-36(47)43-37(26(2)46)39(49)51-4)33-14-11-30(33)22-45-23-40(17-8-10-28-19-31(42)13-15-32(28)40)24-53-35-16-12-29(20-34(35)45)38(48)44-54(6,50)27(25)3/h7,12-13,15-16,18-20,25-27,30,33,37,46H,6,8-11,14,17,21-24H2,1-5H3,(H,43,47)(H,44,48,50)/b18-7+/t25-,26+,27+,30-,33+,37+,40-,41+,54?/m0/s1. The van der Waals surface area contributed by atoms with Crippen LogP contribution >= 0.6 is 11.6 Å². The van der Waals surface area contributed by atoms with Crippen molar-refractivity contribution in [1.29, 1.82) is 0 Å². The highest BCUT2D eigenvalue weighted by Gasteiger charge is 2.50. The lowest BCUT2D eigenvalue weighted by Crippen LogP contribution is -2.56. The molecule has 4 aliphatic rings. The molecule has 2 aliphatic carbocycles. The molecule has 2 bridgehead atoms. The summed E-state index contributed by atoms with van der Waals surface area (Å²) >= 11 is 6.47. The van der Waals surface area contributed by atoms with Crippen LogP contribution in [0, 0.1) is 17.8 Å². The Balaban J connectivity index is 1.43. The Bertz CT molecular complexity index is 1900. The second-order valence-electron chi connectivity index (χ2n) is 15.9. The van der Waals surface area contributed by atoms with Crippen LogP contribution < -0.4 is 19.7 Å². The topological polar surface area (TPSA) is 144 Å². The molecule has 2 aromatic rings. The van der Waals surface area contributed by atoms with Gasteiger partial charge in [0, 0.05) is 41.5 Å². The number of carbonyl (C=O) groups is 3. The van der Waals surface area contributed by atoms with E-state index in [-0.39, 0.29) is 29.6 Å². The summed E-state index contributed by atoms with van der Waals surface area (Å²) in [6.07, 6.45) is 7.59. The first-order valence-corrected chi connectivity index (χ1v) is 21.1. The molecule has 0 saturated heterocycles. The lowest BCUT2D eigenvalue weighted by molar-refractivity contribution is -0.149. The summed E-state index contributed by atoms with van der Waals surface area (Å²) < 4.78 is 34.6. The molecule has 3 N–H and O–H groups in total. The predicted molar refractivity (Wildman–Crippen MR) is 212 cm³/mol. The van der Waals surface area contributed by atoms with Gasteiger partial charge in [0.05, 0.1) is 47.2 Å². The van der Waals surface area contributed by atoms with Gasteiger partial charge in [-0.2, -0.15) is 0 Å². The maximum absolute atomic E-state index is 14.0. The van der Waals surface area contributed by atoms with Crippen LogP contribution in [0.2, 0.25) is 5.02 Å². The zero-order valence-corrected chi connectivity index (χ0v) is 33.5. The molecule has 11 nitrogen and oxygen atoms in total. The highest BCUT2D eigenvalue weighted by Crippen LogP contribution is 2.50. The number of aliphatic hydroxyl groups is 1. The number of nitrogens with zero attached hydrogens (tertiary/aromatic N) is 1. The maximum atomic E-state index is 14.0. The third-order valence-electron chi connectivity index (χ3n) is 12.4. The SMILES string of the molecule is C=S1(=O)NC(=O)c2ccc3c(c2)N(C[C@@H]2CC[C@H]2[C@@](CC(=O)N[C@@H](C(=O)OC)[C@@H](C)O)(OC)/C=C/C[C@H](C)[C@H]1C)C[C@@]1(CCCc2cc(Cl)ccc21)CO3. The van der Waals surface area contributed by atoms with Gasteiger partial charge >= 0.3 is 5.97 Å². The molecule has 0 aromatic heterocycles. The molecule has 1 spiro atoms. The molecule has 6 rings (SSSR count). The van der Waals surface area contributed by atoms with E-state index in [0.29, 0.717) is 42.5 Å². The van der Waals surface area contributed by atoms with E-state index >= 15 is 0 Å². The molecule has 13 heteroatoms. The summed E-state index contributed by atoms with van der Waals surface area (Å²) in [4.78, 5) is 42.3. The van der Waals surface area contributed by atoms with Crippen LogP contribution in [0.5, 0.6) is 5.75 Å². The molecule has 294 valence electrons. The van der Waals surface area contributed by atoms with Gasteiger partial charge in [-0.15, -0.1) is 0 Å². The lowest BCUT2D eigenvalue weighted by Gasteiger charge is -2.50. The molecule has 2 amide bonds. The molecule has 1 fully saturated rings. The molecule has 2 aromatic carbocycles.